The van der Waals surface area contributed by atoms with Gasteiger partial charge in [0.05, 0.1) is 6.54 Å². The molecule has 1 aromatic rings. The molecule has 0 radical (unpaired) electrons. The van der Waals surface area contributed by atoms with E-state index in [1.54, 1.807) is 0 Å². The number of hydrogen-bond acceptors (Lipinski definition) is 4. The number of aliphatic imine (C=N–C) groups is 1. The normalized spacial score (nSPS) is 13.1. The average molecular weight is 307 g/mol. The molecule has 0 bridgehead atoms. The molecule has 1 aliphatic heterocycles. The van der Waals surface area contributed by atoms with Crippen molar-refractivity contribution >= 4 is 5.96 Å². The fourth-order valence-electron chi connectivity index (χ4n) is 2.00. The summed E-state index contributed by atoms with van der Waals surface area (Å²) in [4.78, 5) is 4.50. The maximum absolute atomic E-state index is 5.70. The number of fused-ring (bicyclic) bond motifs is 1. The summed E-state index contributed by atoms with van der Waals surface area (Å²) in [5.41, 5.74) is 0. The average Bonchev–Trinajstić information content (AvgIpc) is 2.99. The zero-order chi connectivity index (χ0) is 15.6. The summed E-state index contributed by atoms with van der Waals surface area (Å²) in [6.07, 6.45) is 2.25. The zero-order valence-electron chi connectivity index (χ0n) is 13.4. The smallest absolute Gasteiger partial charge is 0.231 e. The third-order valence-corrected chi connectivity index (χ3v) is 3.13. The summed E-state index contributed by atoms with van der Waals surface area (Å²) in [5, 5.41) is 6.48. The van der Waals surface area contributed by atoms with Gasteiger partial charge in [0.1, 0.15) is 12.4 Å². The molecule has 1 aliphatic rings. The summed E-state index contributed by atoms with van der Waals surface area (Å²) in [6, 6.07) is 5.60. The number of guanidine groups is 1. The van der Waals surface area contributed by atoms with Crippen molar-refractivity contribution in [1.82, 2.24) is 10.6 Å². The lowest BCUT2D eigenvalue weighted by molar-refractivity contribution is 0.173. The van der Waals surface area contributed by atoms with Crippen LogP contribution in [0.5, 0.6) is 17.2 Å². The van der Waals surface area contributed by atoms with Gasteiger partial charge in [0.25, 0.3) is 0 Å². The van der Waals surface area contributed by atoms with Crippen molar-refractivity contribution in [3.05, 3.63) is 18.2 Å². The molecule has 6 nitrogen and oxygen atoms in total. The van der Waals surface area contributed by atoms with E-state index >= 15 is 0 Å². The molecule has 1 heterocycles. The van der Waals surface area contributed by atoms with Crippen LogP contribution in [0, 0.1) is 0 Å². The SMILES string of the molecule is CCCCN=C(NCC)NCCOc1ccc2c(c1)OCO2. The van der Waals surface area contributed by atoms with Gasteiger partial charge in [-0.2, -0.15) is 0 Å². The van der Waals surface area contributed by atoms with E-state index in [0.29, 0.717) is 13.2 Å². The summed E-state index contributed by atoms with van der Waals surface area (Å²) >= 11 is 0. The number of unbranched alkanes of at least 4 members (excludes halogenated alkanes) is 1. The van der Waals surface area contributed by atoms with Crippen LogP contribution < -0.4 is 24.8 Å². The minimum absolute atomic E-state index is 0.278. The molecule has 22 heavy (non-hydrogen) atoms. The Bertz CT molecular complexity index is 492. The Morgan fingerprint density at radius 3 is 2.91 bits per heavy atom. The molecule has 0 aliphatic carbocycles. The van der Waals surface area contributed by atoms with Crippen molar-refractivity contribution < 1.29 is 14.2 Å². The van der Waals surface area contributed by atoms with Gasteiger partial charge in [0.2, 0.25) is 6.79 Å². The Morgan fingerprint density at radius 2 is 2.09 bits per heavy atom. The minimum Gasteiger partial charge on any atom is -0.492 e. The molecule has 6 heteroatoms. The van der Waals surface area contributed by atoms with E-state index in [1.165, 1.54) is 0 Å². The van der Waals surface area contributed by atoms with Gasteiger partial charge in [-0.25, -0.2) is 0 Å². The van der Waals surface area contributed by atoms with Crippen molar-refractivity contribution in [2.45, 2.75) is 26.7 Å². The maximum atomic E-state index is 5.70. The van der Waals surface area contributed by atoms with Crippen LogP contribution in [0.15, 0.2) is 23.2 Å². The van der Waals surface area contributed by atoms with Gasteiger partial charge in [-0.15, -0.1) is 0 Å². The first-order valence-corrected chi connectivity index (χ1v) is 7.88. The predicted molar refractivity (Wildman–Crippen MR) is 86.9 cm³/mol. The molecular weight excluding hydrogens is 282 g/mol. The second kappa shape index (κ2) is 9.02. The van der Waals surface area contributed by atoms with Gasteiger partial charge in [0, 0.05) is 19.2 Å². The molecule has 0 fully saturated rings. The lowest BCUT2D eigenvalue weighted by Gasteiger charge is -2.12. The highest BCUT2D eigenvalue weighted by Crippen LogP contribution is 2.34. The third-order valence-electron chi connectivity index (χ3n) is 3.13. The first kappa shape index (κ1) is 16.3. The van der Waals surface area contributed by atoms with E-state index in [1.807, 2.05) is 18.2 Å². The Kier molecular flexibility index (Phi) is 6.67. The van der Waals surface area contributed by atoms with Gasteiger partial charge in [0.15, 0.2) is 17.5 Å². The number of rotatable bonds is 8. The monoisotopic (exact) mass is 307 g/mol. The Hall–Kier alpha value is -2.11. The van der Waals surface area contributed by atoms with E-state index in [2.05, 4.69) is 29.5 Å². The predicted octanol–water partition coefficient (Wildman–Crippen LogP) is 2.15. The van der Waals surface area contributed by atoms with E-state index in [0.717, 1.165) is 49.1 Å². The van der Waals surface area contributed by atoms with Crippen LogP contribution in [0.2, 0.25) is 0 Å². The van der Waals surface area contributed by atoms with Crippen molar-refractivity contribution in [3.8, 4) is 17.2 Å². The van der Waals surface area contributed by atoms with Crippen LogP contribution >= 0.6 is 0 Å². The van der Waals surface area contributed by atoms with E-state index in [9.17, 15) is 0 Å². The second-order valence-electron chi connectivity index (χ2n) is 4.90. The molecule has 0 amide bonds. The molecule has 2 N–H and O–H groups in total. The first-order valence-electron chi connectivity index (χ1n) is 7.88. The topological polar surface area (TPSA) is 64.1 Å². The highest BCUT2D eigenvalue weighted by atomic mass is 16.7. The summed E-state index contributed by atoms with van der Waals surface area (Å²) < 4.78 is 16.3. The second-order valence-corrected chi connectivity index (χ2v) is 4.90. The van der Waals surface area contributed by atoms with Crippen molar-refractivity contribution in [2.75, 3.05) is 33.0 Å². The van der Waals surface area contributed by atoms with Gasteiger partial charge in [-0.3, -0.25) is 4.99 Å². The molecule has 0 atom stereocenters. The van der Waals surface area contributed by atoms with Crippen molar-refractivity contribution in [3.63, 3.8) is 0 Å². The molecular formula is C16H25N3O3. The van der Waals surface area contributed by atoms with Crippen LogP contribution in [0.25, 0.3) is 0 Å². The van der Waals surface area contributed by atoms with E-state index in [-0.39, 0.29) is 6.79 Å². The fraction of sp³-hybridized carbons (Fsp3) is 0.562. The maximum Gasteiger partial charge on any atom is 0.231 e. The van der Waals surface area contributed by atoms with Crippen molar-refractivity contribution in [2.24, 2.45) is 4.99 Å². The molecule has 0 saturated heterocycles. The fourth-order valence-corrected chi connectivity index (χ4v) is 2.00. The molecule has 2 rings (SSSR count). The standard InChI is InChI=1S/C16H25N3O3/c1-3-5-8-18-16(17-4-2)19-9-10-20-13-6-7-14-15(11-13)22-12-21-14/h6-7,11H,3-5,8-10,12H2,1-2H3,(H2,17,18,19). The lowest BCUT2D eigenvalue weighted by atomic mass is 10.3. The van der Waals surface area contributed by atoms with Gasteiger partial charge < -0.3 is 24.8 Å². The lowest BCUT2D eigenvalue weighted by Crippen LogP contribution is -2.39. The molecule has 1 aromatic carbocycles. The number of nitrogens with one attached hydrogen (secondary N) is 2. The van der Waals surface area contributed by atoms with Crippen LogP contribution in [-0.4, -0.2) is 39.0 Å². The molecule has 0 aromatic heterocycles. The molecule has 122 valence electrons. The highest BCUT2D eigenvalue weighted by Gasteiger charge is 2.13. The largest absolute Gasteiger partial charge is 0.492 e. The first-order chi connectivity index (χ1) is 10.8. The Labute approximate surface area is 131 Å². The number of hydrogen-bond donors (Lipinski definition) is 2. The molecule has 0 unspecified atom stereocenters. The van der Waals surface area contributed by atoms with E-state index < -0.39 is 0 Å². The van der Waals surface area contributed by atoms with Crippen LogP contribution in [0.1, 0.15) is 26.7 Å². The summed E-state index contributed by atoms with van der Waals surface area (Å²) in [7, 11) is 0. The van der Waals surface area contributed by atoms with Gasteiger partial charge in [-0.1, -0.05) is 13.3 Å². The van der Waals surface area contributed by atoms with Crippen molar-refractivity contribution in [1.29, 1.82) is 0 Å². The minimum atomic E-state index is 0.278. The number of benzene rings is 1. The Balaban J connectivity index is 1.72. The molecule has 0 saturated carbocycles. The Morgan fingerprint density at radius 1 is 1.23 bits per heavy atom. The van der Waals surface area contributed by atoms with E-state index in [4.69, 9.17) is 14.2 Å². The van der Waals surface area contributed by atoms with Gasteiger partial charge >= 0.3 is 0 Å². The number of ether oxygens (including phenoxy) is 3. The zero-order valence-corrected chi connectivity index (χ0v) is 13.4. The number of nitrogens with zero attached hydrogens (tertiary/aromatic N) is 1. The van der Waals surface area contributed by atoms with Crippen LogP contribution in [0.4, 0.5) is 0 Å². The van der Waals surface area contributed by atoms with Crippen LogP contribution in [0.3, 0.4) is 0 Å². The molecule has 0 spiro atoms. The quantitative estimate of drug-likeness (QED) is 0.438. The third kappa shape index (κ3) is 5.02. The summed E-state index contributed by atoms with van der Waals surface area (Å²) in [5.74, 6) is 3.12. The van der Waals surface area contributed by atoms with Gasteiger partial charge in [-0.05, 0) is 25.5 Å². The highest BCUT2D eigenvalue weighted by molar-refractivity contribution is 5.79. The summed E-state index contributed by atoms with van der Waals surface area (Å²) in [6.45, 7) is 7.43. The van der Waals surface area contributed by atoms with Crippen LogP contribution in [-0.2, 0) is 0 Å².